The van der Waals surface area contributed by atoms with Gasteiger partial charge in [-0.25, -0.2) is 0 Å². The summed E-state index contributed by atoms with van der Waals surface area (Å²) in [6.07, 6.45) is 4.86. The fraction of sp³-hybridized carbons (Fsp3) is 0.235. The summed E-state index contributed by atoms with van der Waals surface area (Å²) in [5.74, 6) is 0.157. The number of carbonyl (C=O) groups excluding carboxylic acids is 1. The summed E-state index contributed by atoms with van der Waals surface area (Å²) in [4.78, 5) is 15.8. The number of ether oxygens (including phenoxy) is 1. The first-order valence-electron chi connectivity index (χ1n) is 7.15. The molecule has 0 aliphatic heterocycles. The molecule has 2 rings (SSSR count). The molecule has 4 nitrogen and oxygen atoms in total. The lowest BCUT2D eigenvalue weighted by atomic mass is 10.1. The largest absolute Gasteiger partial charge is 0.466 e. The molecule has 1 N–H and O–H groups in total. The molecule has 0 aliphatic rings. The minimum absolute atomic E-state index is 0.157. The number of aromatic nitrogens is 1. The second-order valence-corrected chi connectivity index (χ2v) is 5.18. The van der Waals surface area contributed by atoms with E-state index < -0.39 is 0 Å². The number of thiocarbonyl (C=S) groups is 1. The zero-order valence-electron chi connectivity index (χ0n) is 12.4. The van der Waals surface area contributed by atoms with Crippen molar-refractivity contribution in [1.29, 1.82) is 0 Å². The molecule has 0 aliphatic carbocycles. The Labute approximate surface area is 135 Å². The Hall–Kier alpha value is -2.27. The van der Waals surface area contributed by atoms with Crippen molar-refractivity contribution in [2.75, 3.05) is 5.32 Å². The highest BCUT2D eigenvalue weighted by Crippen LogP contribution is 2.12. The third kappa shape index (κ3) is 4.93. The molecular weight excluding hydrogens is 296 g/mol. The van der Waals surface area contributed by atoms with Gasteiger partial charge in [0.05, 0.1) is 0 Å². The Morgan fingerprint density at radius 2 is 2.05 bits per heavy atom. The first-order chi connectivity index (χ1) is 10.7. The Morgan fingerprint density at radius 1 is 1.27 bits per heavy atom. The van der Waals surface area contributed by atoms with E-state index in [0.29, 0.717) is 13.0 Å². The van der Waals surface area contributed by atoms with Crippen LogP contribution < -0.4 is 5.32 Å². The minimum atomic E-state index is 0.157. The predicted octanol–water partition coefficient (Wildman–Crippen LogP) is 3.98. The summed E-state index contributed by atoms with van der Waals surface area (Å²) in [5, 5.41) is 3.28. The predicted molar refractivity (Wildman–Crippen MR) is 90.9 cm³/mol. The number of carbonyl (C=O) groups is 1. The van der Waals surface area contributed by atoms with E-state index >= 15 is 0 Å². The Morgan fingerprint density at radius 3 is 2.68 bits per heavy atom. The second kappa shape index (κ2) is 8.24. The number of benzene rings is 1. The molecule has 1 heterocycles. The van der Waals surface area contributed by atoms with Gasteiger partial charge in [0.2, 0.25) is 0 Å². The van der Waals surface area contributed by atoms with E-state index in [1.807, 2.05) is 31.2 Å². The molecule has 1 aromatic carbocycles. The Bertz CT molecular complexity index is 627. The van der Waals surface area contributed by atoms with Crippen molar-refractivity contribution in [2.24, 2.45) is 0 Å². The van der Waals surface area contributed by atoms with E-state index in [2.05, 4.69) is 10.3 Å². The molecule has 0 atom stereocenters. The number of hydrogen-bond donors (Lipinski definition) is 1. The lowest BCUT2D eigenvalue weighted by molar-refractivity contribution is 0.0982. The molecule has 5 heteroatoms. The fourth-order valence-corrected chi connectivity index (χ4v) is 2.07. The SMILES string of the molecule is CCCC(=O)c1ccc(NC(=S)OCc2cccnc2)cc1. The normalized spacial score (nSPS) is 10.0. The van der Waals surface area contributed by atoms with Crippen LogP contribution in [0.2, 0.25) is 0 Å². The average molecular weight is 314 g/mol. The van der Waals surface area contributed by atoms with Gasteiger partial charge in [0.1, 0.15) is 6.61 Å². The smallest absolute Gasteiger partial charge is 0.261 e. The lowest BCUT2D eigenvalue weighted by Gasteiger charge is -2.10. The standard InChI is InChI=1S/C17H18N2O2S/c1-2-4-16(20)14-6-8-15(9-7-14)19-17(22)21-12-13-5-3-10-18-11-13/h3,5-11H,2,4,12H2,1H3,(H,19,22). The van der Waals surface area contributed by atoms with Gasteiger partial charge < -0.3 is 10.1 Å². The van der Waals surface area contributed by atoms with Gasteiger partial charge in [0.15, 0.2) is 5.78 Å². The number of nitrogens with zero attached hydrogens (tertiary/aromatic N) is 1. The van der Waals surface area contributed by atoms with E-state index in [-0.39, 0.29) is 11.0 Å². The van der Waals surface area contributed by atoms with Gasteiger partial charge in [0.25, 0.3) is 5.17 Å². The van der Waals surface area contributed by atoms with Gasteiger partial charge in [-0.3, -0.25) is 9.78 Å². The summed E-state index contributed by atoms with van der Waals surface area (Å²) >= 11 is 5.14. The number of rotatable bonds is 6. The molecule has 0 radical (unpaired) electrons. The summed E-state index contributed by atoms with van der Waals surface area (Å²) in [5.41, 5.74) is 2.46. The fourth-order valence-electron chi connectivity index (χ4n) is 1.90. The highest BCUT2D eigenvalue weighted by atomic mass is 32.1. The summed E-state index contributed by atoms with van der Waals surface area (Å²) in [6, 6.07) is 11.0. The molecule has 0 saturated carbocycles. The molecule has 0 saturated heterocycles. The number of nitrogens with one attached hydrogen (secondary N) is 1. The highest BCUT2D eigenvalue weighted by molar-refractivity contribution is 7.80. The van der Waals surface area contributed by atoms with Crippen molar-refractivity contribution in [2.45, 2.75) is 26.4 Å². The number of ketones is 1. The molecule has 114 valence electrons. The van der Waals surface area contributed by atoms with Gasteiger partial charge in [-0.2, -0.15) is 0 Å². The van der Waals surface area contributed by atoms with Crippen molar-refractivity contribution >= 4 is 28.9 Å². The quantitative estimate of drug-likeness (QED) is 0.645. The van der Waals surface area contributed by atoms with Crippen LogP contribution in [-0.4, -0.2) is 15.9 Å². The van der Waals surface area contributed by atoms with Crippen molar-refractivity contribution in [3.8, 4) is 0 Å². The topological polar surface area (TPSA) is 51.2 Å². The first-order valence-corrected chi connectivity index (χ1v) is 7.56. The Balaban J connectivity index is 1.85. The van der Waals surface area contributed by atoms with Gasteiger partial charge in [-0.05, 0) is 49.0 Å². The maximum atomic E-state index is 11.8. The van der Waals surface area contributed by atoms with Gasteiger partial charge in [-0.1, -0.05) is 13.0 Å². The molecule has 0 amide bonds. The van der Waals surface area contributed by atoms with Crippen molar-refractivity contribution in [1.82, 2.24) is 4.98 Å². The Kier molecular flexibility index (Phi) is 6.03. The summed E-state index contributed by atoms with van der Waals surface area (Å²) < 4.78 is 5.46. The van der Waals surface area contributed by atoms with Crippen LogP contribution in [-0.2, 0) is 11.3 Å². The molecule has 0 bridgehead atoms. The summed E-state index contributed by atoms with van der Waals surface area (Å²) in [6.45, 7) is 2.36. The van der Waals surface area contributed by atoms with Crippen LogP contribution >= 0.6 is 12.2 Å². The average Bonchev–Trinajstić information content (AvgIpc) is 2.55. The highest BCUT2D eigenvalue weighted by Gasteiger charge is 2.05. The van der Waals surface area contributed by atoms with Crippen molar-refractivity contribution in [3.05, 3.63) is 59.9 Å². The molecule has 22 heavy (non-hydrogen) atoms. The van der Waals surface area contributed by atoms with Crippen LogP contribution in [0.25, 0.3) is 0 Å². The van der Waals surface area contributed by atoms with Gasteiger partial charge in [-0.15, -0.1) is 0 Å². The number of Topliss-reactive ketones (excluding diaryl/α,β-unsaturated/α-hetero) is 1. The van der Waals surface area contributed by atoms with Crippen LogP contribution in [0.15, 0.2) is 48.8 Å². The number of pyridine rings is 1. The molecular formula is C17H18N2O2S. The van der Waals surface area contributed by atoms with Crippen LogP contribution in [0.5, 0.6) is 0 Å². The van der Waals surface area contributed by atoms with E-state index in [4.69, 9.17) is 17.0 Å². The summed E-state index contributed by atoms with van der Waals surface area (Å²) in [7, 11) is 0. The molecule has 0 spiro atoms. The van der Waals surface area contributed by atoms with Crippen LogP contribution in [0.3, 0.4) is 0 Å². The van der Waals surface area contributed by atoms with Gasteiger partial charge in [0, 0.05) is 35.6 Å². The number of anilines is 1. The van der Waals surface area contributed by atoms with E-state index in [0.717, 1.165) is 23.2 Å². The number of hydrogen-bond acceptors (Lipinski definition) is 4. The first kappa shape index (κ1) is 16.1. The van der Waals surface area contributed by atoms with Crippen LogP contribution in [0, 0.1) is 0 Å². The minimum Gasteiger partial charge on any atom is -0.466 e. The zero-order chi connectivity index (χ0) is 15.8. The third-order valence-corrected chi connectivity index (χ3v) is 3.24. The lowest BCUT2D eigenvalue weighted by Crippen LogP contribution is -2.13. The van der Waals surface area contributed by atoms with Gasteiger partial charge >= 0.3 is 0 Å². The molecule has 2 aromatic rings. The van der Waals surface area contributed by atoms with Crippen molar-refractivity contribution in [3.63, 3.8) is 0 Å². The monoisotopic (exact) mass is 314 g/mol. The van der Waals surface area contributed by atoms with Crippen LogP contribution in [0.4, 0.5) is 5.69 Å². The molecule has 0 fully saturated rings. The van der Waals surface area contributed by atoms with Crippen molar-refractivity contribution < 1.29 is 9.53 Å². The molecule has 1 aromatic heterocycles. The van der Waals surface area contributed by atoms with E-state index in [1.165, 1.54) is 0 Å². The second-order valence-electron chi connectivity index (χ2n) is 4.81. The zero-order valence-corrected chi connectivity index (χ0v) is 13.2. The maximum Gasteiger partial charge on any atom is 0.261 e. The van der Waals surface area contributed by atoms with E-state index in [9.17, 15) is 4.79 Å². The van der Waals surface area contributed by atoms with E-state index in [1.54, 1.807) is 24.5 Å². The molecule has 0 unspecified atom stereocenters. The third-order valence-electron chi connectivity index (χ3n) is 3.02. The van der Waals surface area contributed by atoms with Crippen LogP contribution in [0.1, 0.15) is 35.7 Å². The maximum absolute atomic E-state index is 11.8.